The van der Waals surface area contributed by atoms with Crippen molar-refractivity contribution in [2.75, 3.05) is 10.6 Å². The monoisotopic (exact) mass is 444 g/mol. The van der Waals surface area contributed by atoms with E-state index in [-0.39, 0.29) is 15.7 Å². The molecular formula is C17H9Cl2F3N4O3. The maximum atomic E-state index is 13.1. The van der Waals surface area contributed by atoms with Crippen LogP contribution in [0.2, 0.25) is 10.0 Å². The second-order valence-corrected chi connectivity index (χ2v) is 6.22. The standard InChI is InChI=1S/C17H9Cl2F3N4O3/c18-10-1-4-14(12(5-10)17(20,21)22)24-8-9(7-23)16(27)25-11-2-3-13(19)15(6-11)26(28)29/h1-6,8,24H,(H,25,27)/b9-8-. The topological polar surface area (TPSA) is 108 Å². The predicted molar refractivity (Wildman–Crippen MR) is 101 cm³/mol. The number of nitro groups is 1. The van der Waals surface area contributed by atoms with Gasteiger partial charge < -0.3 is 10.6 Å². The van der Waals surface area contributed by atoms with Crippen LogP contribution in [0.3, 0.4) is 0 Å². The van der Waals surface area contributed by atoms with Gasteiger partial charge in [0.15, 0.2) is 0 Å². The Hall–Kier alpha value is -3.29. The number of nitrogens with zero attached hydrogens (tertiary/aromatic N) is 2. The fraction of sp³-hybridized carbons (Fsp3) is 0.0588. The van der Waals surface area contributed by atoms with Crippen molar-refractivity contribution in [1.82, 2.24) is 0 Å². The lowest BCUT2D eigenvalue weighted by Gasteiger charge is -2.13. The highest BCUT2D eigenvalue weighted by Gasteiger charge is 2.33. The van der Waals surface area contributed by atoms with Gasteiger partial charge in [-0.05, 0) is 30.3 Å². The maximum Gasteiger partial charge on any atom is 0.418 e. The number of alkyl halides is 3. The molecule has 2 rings (SSSR count). The molecule has 0 radical (unpaired) electrons. The van der Waals surface area contributed by atoms with Crippen LogP contribution in [0.5, 0.6) is 0 Å². The number of rotatable bonds is 5. The van der Waals surface area contributed by atoms with Crippen molar-refractivity contribution in [2.45, 2.75) is 6.18 Å². The van der Waals surface area contributed by atoms with Crippen molar-refractivity contribution in [3.05, 3.63) is 73.9 Å². The zero-order valence-corrected chi connectivity index (χ0v) is 15.6. The fourth-order valence-electron chi connectivity index (χ4n) is 2.10. The van der Waals surface area contributed by atoms with E-state index in [4.69, 9.17) is 28.5 Å². The van der Waals surface area contributed by atoms with E-state index in [0.29, 0.717) is 6.07 Å². The molecule has 0 aliphatic carbocycles. The third-order valence-corrected chi connectivity index (χ3v) is 3.98. The molecule has 7 nitrogen and oxygen atoms in total. The largest absolute Gasteiger partial charge is 0.418 e. The van der Waals surface area contributed by atoms with Crippen LogP contribution >= 0.6 is 23.2 Å². The van der Waals surface area contributed by atoms with Gasteiger partial charge in [-0.1, -0.05) is 23.2 Å². The third-order valence-electron chi connectivity index (χ3n) is 3.42. The Balaban J connectivity index is 2.25. The first-order valence-electron chi connectivity index (χ1n) is 7.51. The average molecular weight is 445 g/mol. The molecule has 2 aromatic carbocycles. The van der Waals surface area contributed by atoms with Crippen LogP contribution in [-0.4, -0.2) is 10.8 Å². The number of anilines is 2. The van der Waals surface area contributed by atoms with Crippen molar-refractivity contribution in [3.8, 4) is 6.07 Å². The summed E-state index contributed by atoms with van der Waals surface area (Å²) in [5.74, 6) is -1.00. The lowest BCUT2D eigenvalue weighted by Crippen LogP contribution is -2.15. The van der Waals surface area contributed by atoms with E-state index in [9.17, 15) is 28.1 Å². The second kappa shape index (κ2) is 8.81. The lowest BCUT2D eigenvalue weighted by atomic mass is 10.1. The smallest absolute Gasteiger partial charge is 0.360 e. The Morgan fingerprint density at radius 2 is 1.90 bits per heavy atom. The Morgan fingerprint density at radius 1 is 1.21 bits per heavy atom. The van der Waals surface area contributed by atoms with Crippen LogP contribution in [-0.2, 0) is 11.0 Å². The zero-order valence-electron chi connectivity index (χ0n) is 14.1. The summed E-state index contributed by atoms with van der Waals surface area (Å²) in [4.78, 5) is 22.3. The fourth-order valence-corrected chi connectivity index (χ4v) is 2.46. The van der Waals surface area contributed by atoms with Gasteiger partial charge in [0.1, 0.15) is 16.7 Å². The van der Waals surface area contributed by atoms with Crippen LogP contribution in [0.4, 0.5) is 30.2 Å². The van der Waals surface area contributed by atoms with Crippen LogP contribution in [0.25, 0.3) is 0 Å². The average Bonchev–Trinajstić information content (AvgIpc) is 2.63. The Kier molecular flexibility index (Phi) is 6.68. The minimum Gasteiger partial charge on any atom is -0.360 e. The molecule has 0 spiro atoms. The van der Waals surface area contributed by atoms with Gasteiger partial charge in [0.2, 0.25) is 0 Å². The van der Waals surface area contributed by atoms with E-state index in [1.807, 2.05) is 0 Å². The Morgan fingerprint density at radius 3 is 2.48 bits per heavy atom. The first kappa shape index (κ1) is 22.0. The molecule has 0 aliphatic rings. The number of halogens is 5. The molecule has 0 saturated heterocycles. The molecule has 0 unspecified atom stereocenters. The van der Waals surface area contributed by atoms with Gasteiger partial charge in [0.05, 0.1) is 16.2 Å². The maximum absolute atomic E-state index is 13.1. The summed E-state index contributed by atoms with van der Waals surface area (Å²) in [7, 11) is 0. The van der Waals surface area contributed by atoms with Crippen LogP contribution < -0.4 is 10.6 Å². The van der Waals surface area contributed by atoms with Crippen LogP contribution in [0, 0.1) is 21.4 Å². The number of hydrogen-bond donors (Lipinski definition) is 2. The van der Waals surface area contributed by atoms with Gasteiger partial charge in [-0.2, -0.15) is 18.4 Å². The van der Waals surface area contributed by atoms with Gasteiger partial charge in [0.25, 0.3) is 11.6 Å². The van der Waals surface area contributed by atoms with E-state index in [0.717, 1.165) is 18.3 Å². The molecule has 0 saturated carbocycles. The van der Waals surface area contributed by atoms with Gasteiger partial charge in [-0.3, -0.25) is 14.9 Å². The molecule has 2 aromatic rings. The van der Waals surface area contributed by atoms with Gasteiger partial charge >= 0.3 is 6.18 Å². The summed E-state index contributed by atoms with van der Waals surface area (Å²) < 4.78 is 39.3. The summed E-state index contributed by atoms with van der Waals surface area (Å²) in [5, 5.41) is 24.2. The highest BCUT2D eigenvalue weighted by atomic mass is 35.5. The summed E-state index contributed by atoms with van der Waals surface area (Å²) in [6.45, 7) is 0. The molecule has 0 heterocycles. The number of amides is 1. The molecule has 12 heteroatoms. The number of hydrogen-bond acceptors (Lipinski definition) is 5. The lowest BCUT2D eigenvalue weighted by molar-refractivity contribution is -0.384. The molecule has 0 aromatic heterocycles. The van der Waals surface area contributed by atoms with Crippen molar-refractivity contribution < 1.29 is 22.9 Å². The van der Waals surface area contributed by atoms with Crippen molar-refractivity contribution in [3.63, 3.8) is 0 Å². The number of benzene rings is 2. The van der Waals surface area contributed by atoms with E-state index >= 15 is 0 Å². The quantitative estimate of drug-likeness (QED) is 0.278. The summed E-state index contributed by atoms with van der Waals surface area (Å²) in [6, 6.07) is 7.87. The zero-order chi connectivity index (χ0) is 21.8. The second-order valence-electron chi connectivity index (χ2n) is 5.38. The molecule has 1 amide bonds. The number of nitrogens with one attached hydrogen (secondary N) is 2. The predicted octanol–water partition coefficient (Wildman–Crippen LogP) is 5.38. The van der Waals surface area contributed by atoms with Crippen LogP contribution in [0.1, 0.15) is 5.56 Å². The van der Waals surface area contributed by atoms with Gasteiger partial charge in [-0.25, -0.2) is 0 Å². The van der Waals surface area contributed by atoms with Crippen molar-refractivity contribution in [1.29, 1.82) is 5.26 Å². The minimum absolute atomic E-state index is 0.0327. The molecule has 0 fully saturated rings. The summed E-state index contributed by atoms with van der Waals surface area (Å²) in [5.41, 5.74) is -2.60. The normalized spacial score (nSPS) is 11.5. The molecule has 0 bridgehead atoms. The minimum atomic E-state index is -4.72. The van der Waals surface area contributed by atoms with Crippen molar-refractivity contribution >= 4 is 46.2 Å². The van der Waals surface area contributed by atoms with E-state index in [1.165, 1.54) is 24.3 Å². The Bertz CT molecular complexity index is 1050. The molecule has 0 atom stereocenters. The third kappa shape index (κ3) is 5.60. The first-order valence-corrected chi connectivity index (χ1v) is 8.27. The summed E-state index contributed by atoms with van der Waals surface area (Å²) >= 11 is 11.3. The number of nitro benzene ring substituents is 1. The Labute approximate surface area is 171 Å². The molecule has 0 aliphatic heterocycles. The highest BCUT2D eigenvalue weighted by Crippen LogP contribution is 2.36. The number of carbonyl (C=O) groups is 1. The van der Waals surface area contributed by atoms with Gasteiger partial charge in [-0.15, -0.1) is 0 Å². The molecule has 150 valence electrons. The van der Waals surface area contributed by atoms with E-state index < -0.39 is 39.5 Å². The van der Waals surface area contributed by atoms with E-state index in [1.54, 1.807) is 0 Å². The van der Waals surface area contributed by atoms with Crippen LogP contribution in [0.15, 0.2) is 48.2 Å². The molecule has 2 N–H and O–H groups in total. The summed E-state index contributed by atoms with van der Waals surface area (Å²) in [6.07, 6.45) is -3.95. The highest BCUT2D eigenvalue weighted by molar-refractivity contribution is 6.32. The molecule has 29 heavy (non-hydrogen) atoms. The van der Waals surface area contributed by atoms with E-state index in [2.05, 4.69) is 10.6 Å². The first-order chi connectivity index (χ1) is 13.5. The number of carbonyl (C=O) groups excluding carboxylic acids is 1. The SMILES string of the molecule is N#C/C(=C/Nc1ccc(Cl)cc1C(F)(F)F)C(=O)Nc1ccc(Cl)c([N+](=O)[O-])c1. The number of nitriles is 1. The molecular weight excluding hydrogens is 436 g/mol. The van der Waals surface area contributed by atoms with Gasteiger partial charge in [0, 0.05) is 23.0 Å². The van der Waals surface area contributed by atoms with Crippen molar-refractivity contribution in [2.24, 2.45) is 0 Å².